The molecule has 22 heavy (non-hydrogen) atoms. The van der Waals surface area contributed by atoms with Crippen molar-refractivity contribution < 1.29 is 19.0 Å². The van der Waals surface area contributed by atoms with Crippen molar-refractivity contribution in [3.63, 3.8) is 0 Å². The van der Waals surface area contributed by atoms with Crippen molar-refractivity contribution >= 4 is 11.7 Å². The molecule has 116 valence electrons. The minimum atomic E-state index is -0.863. The second-order valence-electron chi connectivity index (χ2n) is 4.89. The molecule has 0 heterocycles. The lowest BCUT2D eigenvalue weighted by atomic mass is 10.1. The van der Waals surface area contributed by atoms with E-state index in [0.29, 0.717) is 13.1 Å². The van der Waals surface area contributed by atoms with Crippen molar-refractivity contribution in [3.05, 3.63) is 59.9 Å². The molecule has 0 amide bonds. The van der Waals surface area contributed by atoms with E-state index < -0.39 is 5.97 Å². The molecule has 2 rings (SSSR count). The number of methoxy groups -OCH3 is 1. The standard InChI is InChI=1S/C17H18FNO3/c1-22-16-7-5-15(6-8-16)19(10-9-17(20)21)12-13-3-2-4-14(18)11-13/h2-8,11H,9-10,12H2,1H3,(H,20,21). The molecule has 2 aromatic carbocycles. The van der Waals surface area contributed by atoms with Crippen LogP contribution in [0.2, 0.25) is 0 Å². The van der Waals surface area contributed by atoms with Gasteiger partial charge in [0.2, 0.25) is 0 Å². The summed E-state index contributed by atoms with van der Waals surface area (Å²) in [5, 5.41) is 8.89. The van der Waals surface area contributed by atoms with Gasteiger partial charge in [0.05, 0.1) is 13.5 Å². The molecule has 0 fully saturated rings. The van der Waals surface area contributed by atoms with Gasteiger partial charge in [-0.2, -0.15) is 0 Å². The molecule has 2 aromatic rings. The Morgan fingerprint density at radius 1 is 1.23 bits per heavy atom. The predicted molar refractivity (Wildman–Crippen MR) is 82.7 cm³/mol. The van der Waals surface area contributed by atoms with Crippen LogP contribution in [-0.4, -0.2) is 24.7 Å². The lowest BCUT2D eigenvalue weighted by Crippen LogP contribution is -2.25. The number of benzene rings is 2. The number of halogens is 1. The highest BCUT2D eigenvalue weighted by atomic mass is 19.1. The highest BCUT2D eigenvalue weighted by Crippen LogP contribution is 2.21. The van der Waals surface area contributed by atoms with E-state index in [2.05, 4.69) is 0 Å². The highest BCUT2D eigenvalue weighted by molar-refractivity contribution is 5.67. The maximum atomic E-state index is 13.3. The average molecular weight is 303 g/mol. The van der Waals surface area contributed by atoms with Crippen molar-refractivity contribution in [3.8, 4) is 5.75 Å². The van der Waals surface area contributed by atoms with Gasteiger partial charge in [0.25, 0.3) is 0 Å². The molecule has 5 heteroatoms. The monoisotopic (exact) mass is 303 g/mol. The summed E-state index contributed by atoms with van der Waals surface area (Å²) in [6.45, 7) is 0.787. The minimum Gasteiger partial charge on any atom is -0.497 e. The van der Waals surface area contributed by atoms with Gasteiger partial charge in [-0.05, 0) is 42.0 Å². The summed E-state index contributed by atoms with van der Waals surface area (Å²) in [6.07, 6.45) is 0.0152. The zero-order valence-electron chi connectivity index (χ0n) is 12.3. The number of hydrogen-bond donors (Lipinski definition) is 1. The van der Waals surface area contributed by atoms with Gasteiger partial charge in [0, 0.05) is 18.8 Å². The Kier molecular flexibility index (Phi) is 5.36. The van der Waals surface area contributed by atoms with Gasteiger partial charge in [-0.25, -0.2) is 4.39 Å². The molecule has 0 atom stereocenters. The van der Waals surface area contributed by atoms with Crippen LogP contribution in [0.15, 0.2) is 48.5 Å². The molecule has 0 aromatic heterocycles. The number of rotatable bonds is 7. The van der Waals surface area contributed by atoms with Crippen molar-refractivity contribution in [2.24, 2.45) is 0 Å². The van der Waals surface area contributed by atoms with E-state index in [1.165, 1.54) is 12.1 Å². The SMILES string of the molecule is COc1ccc(N(CCC(=O)O)Cc2cccc(F)c2)cc1. The van der Waals surface area contributed by atoms with Crippen molar-refractivity contribution in [2.75, 3.05) is 18.6 Å². The fourth-order valence-electron chi connectivity index (χ4n) is 2.18. The van der Waals surface area contributed by atoms with Crippen LogP contribution >= 0.6 is 0 Å². The van der Waals surface area contributed by atoms with E-state index in [4.69, 9.17) is 9.84 Å². The third-order valence-electron chi connectivity index (χ3n) is 3.30. The van der Waals surface area contributed by atoms with Crippen LogP contribution in [0, 0.1) is 5.82 Å². The van der Waals surface area contributed by atoms with E-state index in [0.717, 1.165) is 17.0 Å². The van der Waals surface area contributed by atoms with Crippen molar-refractivity contribution in [2.45, 2.75) is 13.0 Å². The predicted octanol–water partition coefficient (Wildman–Crippen LogP) is 3.32. The summed E-state index contributed by atoms with van der Waals surface area (Å²) >= 11 is 0. The summed E-state index contributed by atoms with van der Waals surface area (Å²) in [5.74, 6) is -0.434. The van der Waals surface area contributed by atoms with Gasteiger partial charge < -0.3 is 14.7 Å². The lowest BCUT2D eigenvalue weighted by Gasteiger charge is -2.24. The van der Waals surface area contributed by atoms with Crippen LogP contribution in [0.3, 0.4) is 0 Å². The highest BCUT2D eigenvalue weighted by Gasteiger charge is 2.10. The van der Waals surface area contributed by atoms with Crippen LogP contribution in [0.25, 0.3) is 0 Å². The topological polar surface area (TPSA) is 49.8 Å². The number of carbonyl (C=O) groups is 1. The van der Waals surface area contributed by atoms with Gasteiger partial charge >= 0.3 is 5.97 Å². The molecule has 0 saturated heterocycles. The first-order chi connectivity index (χ1) is 10.6. The van der Waals surface area contributed by atoms with Gasteiger partial charge in [0.15, 0.2) is 0 Å². The molecule has 1 N–H and O–H groups in total. The first-order valence-electron chi connectivity index (χ1n) is 6.93. The maximum Gasteiger partial charge on any atom is 0.305 e. The quantitative estimate of drug-likeness (QED) is 0.852. The molecule has 0 radical (unpaired) electrons. The number of hydrogen-bond acceptors (Lipinski definition) is 3. The normalized spacial score (nSPS) is 10.3. The molecule has 0 spiro atoms. The summed E-state index contributed by atoms with van der Waals surface area (Å²) < 4.78 is 18.4. The van der Waals surface area contributed by atoms with Crippen molar-refractivity contribution in [1.82, 2.24) is 0 Å². The van der Waals surface area contributed by atoms with Crippen LogP contribution < -0.4 is 9.64 Å². The van der Waals surface area contributed by atoms with E-state index >= 15 is 0 Å². The Bertz CT molecular complexity index is 628. The molecule has 4 nitrogen and oxygen atoms in total. The molecule has 0 aliphatic carbocycles. The number of anilines is 1. The summed E-state index contributed by atoms with van der Waals surface area (Å²) in [4.78, 5) is 12.7. The number of carboxylic acid groups (broad SMARTS) is 1. The number of nitrogens with zero attached hydrogens (tertiary/aromatic N) is 1. The number of ether oxygens (including phenoxy) is 1. The third kappa shape index (κ3) is 4.48. The Labute approximate surface area is 128 Å². The summed E-state index contributed by atoms with van der Waals surface area (Å²) in [5.41, 5.74) is 1.66. The van der Waals surface area contributed by atoms with Gasteiger partial charge in [-0.3, -0.25) is 4.79 Å². The second-order valence-corrected chi connectivity index (χ2v) is 4.89. The maximum absolute atomic E-state index is 13.3. The second kappa shape index (κ2) is 7.45. The van der Waals surface area contributed by atoms with E-state index in [-0.39, 0.29) is 12.2 Å². The third-order valence-corrected chi connectivity index (χ3v) is 3.30. The van der Waals surface area contributed by atoms with E-state index in [9.17, 15) is 9.18 Å². The van der Waals surface area contributed by atoms with E-state index in [1.54, 1.807) is 13.2 Å². The summed E-state index contributed by atoms with van der Waals surface area (Å²) in [6, 6.07) is 13.7. The van der Waals surface area contributed by atoms with Crippen LogP contribution in [0.5, 0.6) is 5.75 Å². The molecular formula is C17H18FNO3. The fourth-order valence-corrected chi connectivity index (χ4v) is 2.18. The molecule has 0 saturated carbocycles. The van der Waals surface area contributed by atoms with E-state index in [1.807, 2.05) is 35.2 Å². The van der Waals surface area contributed by atoms with Gasteiger partial charge in [-0.1, -0.05) is 12.1 Å². The number of carboxylic acids is 1. The molecule has 0 aliphatic heterocycles. The first kappa shape index (κ1) is 15.8. The largest absolute Gasteiger partial charge is 0.497 e. The van der Waals surface area contributed by atoms with Crippen LogP contribution in [0.4, 0.5) is 10.1 Å². The average Bonchev–Trinajstić information content (AvgIpc) is 2.51. The van der Waals surface area contributed by atoms with Crippen LogP contribution in [0.1, 0.15) is 12.0 Å². The molecule has 0 bridgehead atoms. The Morgan fingerprint density at radius 3 is 2.55 bits per heavy atom. The zero-order valence-corrected chi connectivity index (χ0v) is 12.3. The summed E-state index contributed by atoms with van der Waals surface area (Å²) in [7, 11) is 1.59. The Balaban J connectivity index is 2.19. The fraction of sp³-hybridized carbons (Fsp3) is 0.235. The van der Waals surface area contributed by atoms with Gasteiger partial charge in [0.1, 0.15) is 11.6 Å². The first-order valence-corrected chi connectivity index (χ1v) is 6.93. The smallest absolute Gasteiger partial charge is 0.305 e. The Hall–Kier alpha value is -2.56. The molecular weight excluding hydrogens is 285 g/mol. The lowest BCUT2D eigenvalue weighted by molar-refractivity contribution is -0.136. The Morgan fingerprint density at radius 2 is 1.95 bits per heavy atom. The molecule has 0 unspecified atom stereocenters. The molecule has 0 aliphatic rings. The van der Waals surface area contributed by atoms with Crippen molar-refractivity contribution in [1.29, 1.82) is 0 Å². The van der Waals surface area contributed by atoms with Gasteiger partial charge in [-0.15, -0.1) is 0 Å². The minimum absolute atomic E-state index is 0.0152. The number of aliphatic carboxylic acids is 1. The zero-order chi connectivity index (χ0) is 15.9. The van der Waals surface area contributed by atoms with Crippen LogP contribution in [-0.2, 0) is 11.3 Å².